The molecule has 0 fully saturated rings. The molecule has 1 aliphatic carbocycles. The summed E-state index contributed by atoms with van der Waals surface area (Å²) in [5, 5.41) is 9.52. The van der Waals surface area contributed by atoms with E-state index in [1.165, 1.54) is 22.3 Å². The van der Waals surface area contributed by atoms with Crippen LogP contribution in [0.1, 0.15) is 37.0 Å². The van der Waals surface area contributed by atoms with Gasteiger partial charge in [0.15, 0.2) is 0 Å². The van der Waals surface area contributed by atoms with Gasteiger partial charge >= 0.3 is 0 Å². The number of nitrogens with zero attached hydrogens (tertiary/aromatic N) is 1. The molecule has 0 spiro atoms. The first-order valence-electron chi connectivity index (χ1n) is 10.6. The largest absolute Gasteiger partial charge is 0.465 e. The molecule has 1 heterocycles. The lowest BCUT2D eigenvalue weighted by atomic mass is 9.87. The zero-order valence-electron chi connectivity index (χ0n) is 18.5. The number of rotatable bonds is 7. The maximum atomic E-state index is 9.52. The molecule has 1 aromatic carbocycles. The number of aliphatic hydroxyl groups is 1. The van der Waals surface area contributed by atoms with Gasteiger partial charge in [-0.3, -0.25) is 0 Å². The summed E-state index contributed by atoms with van der Waals surface area (Å²) in [4.78, 5) is 2.29. The lowest BCUT2D eigenvalue weighted by Crippen LogP contribution is -2.38. The Morgan fingerprint density at radius 2 is 2.00 bits per heavy atom. The van der Waals surface area contributed by atoms with Crippen LogP contribution in [0.4, 0.5) is 0 Å². The van der Waals surface area contributed by atoms with E-state index in [1.54, 1.807) is 13.0 Å². The van der Waals surface area contributed by atoms with Crippen LogP contribution in [0, 0.1) is 19.8 Å². The van der Waals surface area contributed by atoms with Gasteiger partial charge in [0.1, 0.15) is 5.76 Å². The van der Waals surface area contributed by atoms with Gasteiger partial charge in [-0.2, -0.15) is 0 Å². The molecule has 0 bridgehead atoms. The van der Waals surface area contributed by atoms with E-state index in [0.29, 0.717) is 24.0 Å². The van der Waals surface area contributed by atoms with E-state index in [2.05, 4.69) is 86.2 Å². The highest BCUT2D eigenvalue weighted by Crippen LogP contribution is 2.31. The summed E-state index contributed by atoms with van der Waals surface area (Å²) < 4.78 is 5.82. The summed E-state index contributed by atoms with van der Waals surface area (Å²) in [7, 11) is 0. The van der Waals surface area contributed by atoms with Crippen molar-refractivity contribution in [1.82, 2.24) is 4.90 Å². The van der Waals surface area contributed by atoms with Crippen LogP contribution >= 0.6 is 0 Å². The minimum Gasteiger partial charge on any atom is -0.465 e. The molecule has 0 saturated carbocycles. The van der Waals surface area contributed by atoms with Crippen molar-refractivity contribution in [2.24, 2.45) is 5.92 Å². The molecule has 30 heavy (non-hydrogen) atoms. The molecule has 3 heteroatoms. The van der Waals surface area contributed by atoms with Crippen molar-refractivity contribution in [1.29, 1.82) is 0 Å². The maximum absolute atomic E-state index is 9.52. The van der Waals surface area contributed by atoms with Crippen molar-refractivity contribution in [3.05, 3.63) is 102 Å². The van der Waals surface area contributed by atoms with E-state index in [0.717, 1.165) is 6.42 Å². The molecule has 0 aromatic heterocycles. The SMILES string of the molecule is C=C(CN1C=CC(c2cc(C)cc(C)c2)=CC1[C@H]1C=CC=CC1)O/C(C)=C\C(C)O. The maximum Gasteiger partial charge on any atom is 0.116 e. The minimum absolute atomic E-state index is 0.216. The van der Waals surface area contributed by atoms with Gasteiger partial charge in [-0.1, -0.05) is 66.3 Å². The summed E-state index contributed by atoms with van der Waals surface area (Å²) >= 11 is 0. The molecular weight excluding hydrogens is 370 g/mol. The number of ether oxygens (including phenoxy) is 1. The lowest BCUT2D eigenvalue weighted by Gasteiger charge is -2.37. The highest BCUT2D eigenvalue weighted by atomic mass is 16.5. The summed E-state index contributed by atoms with van der Waals surface area (Å²) in [5.41, 5.74) is 5.07. The predicted molar refractivity (Wildman–Crippen MR) is 126 cm³/mol. The molecule has 3 rings (SSSR count). The zero-order chi connectivity index (χ0) is 21.7. The second kappa shape index (κ2) is 9.82. The Bertz CT molecular complexity index is 910. The molecule has 0 radical (unpaired) electrons. The molecule has 158 valence electrons. The van der Waals surface area contributed by atoms with Crippen LogP contribution in [0.3, 0.4) is 0 Å². The highest BCUT2D eigenvalue weighted by Gasteiger charge is 2.26. The number of allylic oxidation sites excluding steroid dienone is 6. The second-order valence-corrected chi connectivity index (χ2v) is 8.35. The summed E-state index contributed by atoms with van der Waals surface area (Å²) in [6, 6.07) is 6.92. The van der Waals surface area contributed by atoms with E-state index in [4.69, 9.17) is 4.74 Å². The van der Waals surface area contributed by atoms with Crippen LogP contribution in [-0.4, -0.2) is 28.7 Å². The third-order valence-corrected chi connectivity index (χ3v) is 5.33. The van der Waals surface area contributed by atoms with Crippen molar-refractivity contribution in [3.63, 3.8) is 0 Å². The normalized spacial score (nSPS) is 22.1. The average Bonchev–Trinajstić information content (AvgIpc) is 2.67. The van der Waals surface area contributed by atoms with E-state index in [-0.39, 0.29) is 6.04 Å². The number of hydrogen-bond acceptors (Lipinski definition) is 3. The van der Waals surface area contributed by atoms with Crippen LogP contribution in [0.25, 0.3) is 5.57 Å². The third kappa shape index (κ3) is 5.87. The monoisotopic (exact) mass is 403 g/mol. The number of aliphatic hydroxyl groups excluding tert-OH is 1. The Hall–Kier alpha value is -2.78. The Labute approximate surface area is 181 Å². The fourth-order valence-corrected chi connectivity index (χ4v) is 4.16. The Morgan fingerprint density at radius 1 is 1.27 bits per heavy atom. The van der Waals surface area contributed by atoms with Gasteiger partial charge in [0, 0.05) is 12.1 Å². The van der Waals surface area contributed by atoms with Crippen LogP contribution in [0.15, 0.2) is 85.0 Å². The predicted octanol–water partition coefficient (Wildman–Crippen LogP) is 5.83. The molecule has 2 unspecified atom stereocenters. The highest BCUT2D eigenvalue weighted by molar-refractivity contribution is 5.76. The van der Waals surface area contributed by atoms with Crippen LogP contribution in [0.5, 0.6) is 0 Å². The Morgan fingerprint density at radius 3 is 2.63 bits per heavy atom. The average molecular weight is 404 g/mol. The van der Waals surface area contributed by atoms with Crippen molar-refractivity contribution in [3.8, 4) is 0 Å². The molecule has 3 atom stereocenters. The van der Waals surface area contributed by atoms with E-state index in [1.807, 2.05) is 6.92 Å². The number of benzene rings is 1. The standard InChI is InChI=1S/C27H33NO2/c1-19-13-20(2)15-26(14-19)25-11-12-28(18-23(5)30-22(4)16-21(3)29)27(17-25)24-9-7-6-8-10-24/h6-9,11-17,21,24,27,29H,5,10,18H2,1-4H3/b22-16-/t21?,24-,27?/m0/s1. The molecule has 1 aromatic rings. The molecule has 3 nitrogen and oxygen atoms in total. The van der Waals surface area contributed by atoms with Gasteiger partial charge in [0.25, 0.3) is 0 Å². The smallest absolute Gasteiger partial charge is 0.116 e. The van der Waals surface area contributed by atoms with Gasteiger partial charge in [0.05, 0.1) is 24.4 Å². The molecule has 1 aliphatic heterocycles. The van der Waals surface area contributed by atoms with Crippen molar-refractivity contribution in [2.45, 2.75) is 46.3 Å². The van der Waals surface area contributed by atoms with Gasteiger partial charge in [-0.25, -0.2) is 0 Å². The second-order valence-electron chi connectivity index (χ2n) is 8.35. The van der Waals surface area contributed by atoms with Gasteiger partial charge in [-0.15, -0.1) is 0 Å². The molecule has 1 N–H and O–H groups in total. The minimum atomic E-state index is -0.539. The van der Waals surface area contributed by atoms with Crippen molar-refractivity contribution >= 4 is 5.57 Å². The first-order valence-corrected chi connectivity index (χ1v) is 10.6. The fourth-order valence-electron chi connectivity index (χ4n) is 4.16. The quantitative estimate of drug-likeness (QED) is 0.581. The summed E-state index contributed by atoms with van der Waals surface area (Å²) in [6.07, 6.45) is 17.6. The number of hydrogen-bond donors (Lipinski definition) is 1. The topological polar surface area (TPSA) is 32.7 Å². The molecule has 0 amide bonds. The van der Waals surface area contributed by atoms with E-state index < -0.39 is 6.10 Å². The fraction of sp³-hybridized carbons (Fsp3) is 0.333. The van der Waals surface area contributed by atoms with Gasteiger partial charge in [-0.05, 0) is 57.4 Å². The van der Waals surface area contributed by atoms with Crippen LogP contribution < -0.4 is 0 Å². The zero-order valence-corrected chi connectivity index (χ0v) is 18.5. The van der Waals surface area contributed by atoms with Gasteiger partial charge in [0.2, 0.25) is 0 Å². The Balaban J connectivity index is 1.82. The summed E-state index contributed by atoms with van der Waals surface area (Å²) in [5.74, 6) is 1.72. The first kappa shape index (κ1) is 21.9. The molecular formula is C27H33NO2. The lowest BCUT2D eigenvalue weighted by molar-refractivity contribution is 0.208. The first-order chi connectivity index (χ1) is 14.3. The third-order valence-electron chi connectivity index (χ3n) is 5.33. The van der Waals surface area contributed by atoms with E-state index in [9.17, 15) is 5.11 Å². The van der Waals surface area contributed by atoms with E-state index >= 15 is 0 Å². The summed E-state index contributed by atoms with van der Waals surface area (Å²) in [6.45, 7) is 12.5. The van der Waals surface area contributed by atoms with Gasteiger partial charge < -0.3 is 14.7 Å². The molecule has 0 saturated heterocycles. The van der Waals surface area contributed by atoms with Crippen molar-refractivity contribution < 1.29 is 9.84 Å². The Kier molecular flexibility index (Phi) is 7.17. The van der Waals surface area contributed by atoms with Crippen molar-refractivity contribution in [2.75, 3.05) is 6.54 Å². The van der Waals surface area contributed by atoms with Crippen LogP contribution in [0.2, 0.25) is 0 Å². The molecule has 2 aliphatic rings. The number of aryl methyl sites for hydroxylation is 2. The van der Waals surface area contributed by atoms with Crippen LogP contribution in [-0.2, 0) is 4.74 Å².